The summed E-state index contributed by atoms with van der Waals surface area (Å²) in [5.74, 6) is -0.839. The third-order valence-electron chi connectivity index (χ3n) is 7.49. The number of nitrogens with zero attached hydrogens (tertiary/aromatic N) is 5. The quantitative estimate of drug-likeness (QED) is 0.434. The first-order valence-electron chi connectivity index (χ1n) is 12.8. The van der Waals surface area contributed by atoms with Crippen molar-refractivity contribution >= 4 is 27.5 Å². The van der Waals surface area contributed by atoms with Gasteiger partial charge in [-0.15, -0.1) is 0 Å². The third-order valence-corrected chi connectivity index (χ3v) is 9.10. The van der Waals surface area contributed by atoms with Gasteiger partial charge in [0.25, 0.3) is 15.9 Å². The van der Waals surface area contributed by atoms with E-state index in [0.717, 1.165) is 5.56 Å². The summed E-state index contributed by atoms with van der Waals surface area (Å²) in [6.07, 6.45) is 1.94. The largest absolute Gasteiger partial charge is 0.497 e. The molecule has 2 aliphatic heterocycles. The second-order valence-corrected chi connectivity index (χ2v) is 11.9. The van der Waals surface area contributed by atoms with Crippen molar-refractivity contribution in [2.45, 2.75) is 36.1 Å². The maximum absolute atomic E-state index is 15.0. The van der Waals surface area contributed by atoms with Crippen LogP contribution < -0.4 is 13.8 Å². The number of carbonyl (C=O) groups is 2. The first-order valence-corrected chi connectivity index (χ1v) is 14.3. The Kier molecular flexibility index (Phi) is 7.22. The number of anilines is 1. The van der Waals surface area contributed by atoms with Crippen molar-refractivity contribution in [3.05, 3.63) is 71.5 Å². The number of methoxy groups -OCH3 is 2. The van der Waals surface area contributed by atoms with Crippen LogP contribution in [0, 0.1) is 6.92 Å². The number of hydrogen-bond acceptors (Lipinski definition) is 10. The predicted molar refractivity (Wildman–Crippen MR) is 148 cm³/mol. The van der Waals surface area contributed by atoms with Gasteiger partial charge in [0.1, 0.15) is 5.75 Å². The van der Waals surface area contributed by atoms with Gasteiger partial charge in [-0.3, -0.25) is 14.5 Å². The van der Waals surface area contributed by atoms with Crippen LogP contribution in [0.2, 0.25) is 0 Å². The summed E-state index contributed by atoms with van der Waals surface area (Å²) >= 11 is 0. The zero-order valence-corrected chi connectivity index (χ0v) is 24.1. The molecule has 0 spiro atoms. The van der Waals surface area contributed by atoms with Crippen LogP contribution in [0.4, 0.5) is 5.69 Å². The van der Waals surface area contributed by atoms with Crippen LogP contribution in [0.3, 0.4) is 0 Å². The van der Waals surface area contributed by atoms with Gasteiger partial charge in [-0.1, -0.05) is 6.07 Å². The average molecular weight is 582 g/mol. The Morgan fingerprint density at radius 1 is 1.10 bits per heavy atom. The Morgan fingerprint density at radius 2 is 1.85 bits per heavy atom. The fourth-order valence-electron chi connectivity index (χ4n) is 5.66. The smallest absolute Gasteiger partial charge is 0.288 e. The summed E-state index contributed by atoms with van der Waals surface area (Å²) in [5, 5.41) is 10.6. The van der Waals surface area contributed by atoms with Crippen molar-refractivity contribution in [3.63, 3.8) is 0 Å². The fraction of sp³-hybridized carbons (Fsp3) is 0.357. The standard InChI is InChI=1S/C28H31N5O7S/c1-17-8-11-24(30-15-17)41(37,38)33-22-10-9-19(39-4)14-21(22)28(27(33)36,20-7-6-12-29-25(20)40-5)32-16-18(34)13-23(32)26(35)31(2)3/h6-12,14-15,18,23,34H,13,16H2,1-5H3/t18-,23+,28?/m1/s1. The van der Waals surface area contributed by atoms with E-state index in [1.165, 1.54) is 43.6 Å². The summed E-state index contributed by atoms with van der Waals surface area (Å²) in [4.78, 5) is 39.9. The lowest BCUT2D eigenvalue weighted by Gasteiger charge is -2.41. The van der Waals surface area contributed by atoms with Crippen LogP contribution in [0.25, 0.3) is 0 Å². The molecule has 1 N–H and O–H groups in total. The van der Waals surface area contributed by atoms with Gasteiger partial charge in [0, 0.05) is 44.2 Å². The monoisotopic (exact) mass is 581 g/mol. The molecular formula is C28H31N5O7S. The highest BCUT2D eigenvalue weighted by atomic mass is 32.2. The highest BCUT2D eigenvalue weighted by Crippen LogP contribution is 2.54. The maximum Gasteiger partial charge on any atom is 0.288 e. The number of fused-ring (bicyclic) bond motifs is 1. The predicted octanol–water partition coefficient (Wildman–Crippen LogP) is 1.30. The van der Waals surface area contributed by atoms with Gasteiger partial charge in [-0.2, -0.15) is 12.7 Å². The zero-order chi connectivity index (χ0) is 29.7. The number of rotatable bonds is 7. The maximum atomic E-state index is 15.0. The second kappa shape index (κ2) is 10.4. The van der Waals surface area contributed by atoms with Gasteiger partial charge >= 0.3 is 0 Å². The summed E-state index contributed by atoms with van der Waals surface area (Å²) < 4.78 is 40.1. The number of likely N-dealkylation sites (N-methyl/N-ethyl adjacent to an activating group) is 1. The first-order chi connectivity index (χ1) is 19.5. The van der Waals surface area contributed by atoms with Crippen LogP contribution in [-0.2, 0) is 25.2 Å². The average Bonchev–Trinajstić information content (AvgIpc) is 3.47. The molecule has 0 radical (unpaired) electrons. The van der Waals surface area contributed by atoms with Gasteiger partial charge in [-0.05, 0) is 55.3 Å². The molecule has 0 saturated carbocycles. The summed E-state index contributed by atoms with van der Waals surface area (Å²) in [7, 11) is 1.45. The number of likely N-dealkylation sites (tertiary alicyclic amines) is 1. The number of pyridine rings is 2. The van der Waals surface area contributed by atoms with E-state index in [1.54, 1.807) is 56.3 Å². The number of amides is 2. The van der Waals surface area contributed by atoms with Crippen molar-refractivity contribution in [2.75, 3.05) is 39.2 Å². The van der Waals surface area contributed by atoms with E-state index in [2.05, 4.69) is 9.97 Å². The minimum absolute atomic E-state index is 0.0280. The summed E-state index contributed by atoms with van der Waals surface area (Å²) in [5.41, 5.74) is -0.708. The lowest BCUT2D eigenvalue weighted by Crippen LogP contribution is -2.59. The van der Waals surface area contributed by atoms with Crippen molar-refractivity contribution in [1.29, 1.82) is 0 Å². The number of sulfonamides is 1. The van der Waals surface area contributed by atoms with Gasteiger partial charge in [-0.25, -0.2) is 9.97 Å². The lowest BCUT2D eigenvalue weighted by molar-refractivity contribution is -0.138. The number of β-amino-alcohol motifs (C(OH)–C–C–N with tert-alkyl or cyclic N) is 1. The van der Waals surface area contributed by atoms with Gasteiger partial charge in [0.05, 0.1) is 32.1 Å². The number of carbonyl (C=O) groups excluding carboxylic acids is 2. The van der Waals surface area contributed by atoms with E-state index >= 15 is 4.79 Å². The Morgan fingerprint density at radius 3 is 2.49 bits per heavy atom. The summed E-state index contributed by atoms with van der Waals surface area (Å²) in [6.45, 7) is 1.66. The number of aliphatic hydroxyl groups excluding tert-OH is 1. The van der Waals surface area contributed by atoms with E-state index in [0.29, 0.717) is 10.1 Å². The molecule has 1 unspecified atom stereocenters. The molecule has 0 bridgehead atoms. The Bertz CT molecular complexity index is 1610. The van der Waals surface area contributed by atoms with Gasteiger partial charge in [0.15, 0.2) is 10.6 Å². The molecular weight excluding hydrogens is 550 g/mol. The number of aromatic nitrogens is 2. The van der Waals surface area contributed by atoms with Crippen molar-refractivity contribution in [1.82, 2.24) is 19.8 Å². The number of aliphatic hydroxyl groups is 1. The van der Waals surface area contributed by atoms with Crippen molar-refractivity contribution in [3.8, 4) is 11.6 Å². The van der Waals surface area contributed by atoms with Gasteiger partial charge in [0.2, 0.25) is 11.8 Å². The Balaban J connectivity index is 1.88. The molecule has 216 valence electrons. The molecule has 12 nitrogen and oxygen atoms in total. The Labute approximate surface area is 238 Å². The molecule has 1 saturated heterocycles. The van der Waals surface area contributed by atoms with Crippen LogP contribution in [0.5, 0.6) is 11.6 Å². The van der Waals surface area contributed by atoms with Crippen molar-refractivity contribution < 1.29 is 32.6 Å². The van der Waals surface area contributed by atoms with Gasteiger partial charge < -0.3 is 19.5 Å². The van der Waals surface area contributed by atoms with Crippen LogP contribution in [0.15, 0.2) is 59.9 Å². The minimum atomic E-state index is -4.55. The molecule has 5 rings (SSSR count). The molecule has 4 heterocycles. The van der Waals surface area contributed by atoms with Crippen LogP contribution in [0.1, 0.15) is 23.1 Å². The molecule has 2 aliphatic rings. The molecule has 2 amide bonds. The number of aryl methyl sites for hydroxylation is 1. The fourth-order valence-corrected chi connectivity index (χ4v) is 7.04. The number of hydrogen-bond donors (Lipinski definition) is 1. The molecule has 3 atom stereocenters. The summed E-state index contributed by atoms with van der Waals surface area (Å²) in [6, 6.07) is 9.76. The molecule has 1 aromatic carbocycles. The number of benzene rings is 1. The topological polar surface area (TPSA) is 142 Å². The molecule has 41 heavy (non-hydrogen) atoms. The van der Waals surface area contributed by atoms with Crippen LogP contribution >= 0.6 is 0 Å². The van der Waals surface area contributed by atoms with Crippen molar-refractivity contribution in [2.24, 2.45) is 0 Å². The lowest BCUT2D eigenvalue weighted by atomic mass is 9.81. The highest BCUT2D eigenvalue weighted by Gasteiger charge is 2.64. The SMILES string of the molecule is COc1ccc2c(c1)C(c1cccnc1OC)(N1C[C@H](O)C[C@H]1C(=O)N(C)C)C(=O)N2S(=O)(=O)c1ccc(C)cn1. The Hall–Kier alpha value is -4.07. The first kappa shape index (κ1) is 28.5. The zero-order valence-electron chi connectivity index (χ0n) is 23.3. The van der Waals surface area contributed by atoms with E-state index in [-0.39, 0.29) is 46.6 Å². The second-order valence-electron chi connectivity index (χ2n) is 10.2. The van der Waals surface area contributed by atoms with E-state index in [9.17, 15) is 18.3 Å². The minimum Gasteiger partial charge on any atom is -0.497 e. The third kappa shape index (κ3) is 4.31. The van der Waals surface area contributed by atoms with E-state index in [1.807, 2.05) is 0 Å². The van der Waals surface area contributed by atoms with E-state index < -0.39 is 33.6 Å². The normalized spacial score (nSPS) is 22.5. The van der Waals surface area contributed by atoms with Crippen LogP contribution in [-0.4, -0.2) is 92.1 Å². The molecule has 2 aromatic heterocycles. The molecule has 0 aliphatic carbocycles. The molecule has 13 heteroatoms. The van der Waals surface area contributed by atoms with E-state index in [4.69, 9.17) is 9.47 Å². The number of ether oxygens (including phenoxy) is 2. The molecule has 3 aromatic rings. The molecule has 1 fully saturated rings. The highest BCUT2D eigenvalue weighted by molar-refractivity contribution is 7.93.